The first-order valence-electron chi connectivity index (χ1n) is 6.82. The normalized spacial score (nSPS) is 12.8. The van der Waals surface area contributed by atoms with E-state index in [4.69, 9.17) is 4.74 Å². The molecule has 0 saturated carbocycles. The molecule has 0 aliphatic rings. The number of ether oxygens (including phenoxy) is 1. The van der Waals surface area contributed by atoms with E-state index in [0.29, 0.717) is 0 Å². The zero-order chi connectivity index (χ0) is 15.9. The standard InChI is InChI=1S/C14H26N2O4/c1-9(2)20-11(17)7-8-15-12(18)10(3)16-13(19)14(4,5)6/h9-10H,7-8H2,1-6H3,(H,15,18)(H,16,19). The van der Waals surface area contributed by atoms with Crippen molar-refractivity contribution in [3.63, 3.8) is 0 Å². The molecule has 0 fully saturated rings. The SMILES string of the molecule is CC(C)OC(=O)CCNC(=O)C(C)NC(=O)C(C)(C)C. The third-order valence-electron chi connectivity index (χ3n) is 2.42. The second-order valence-corrected chi connectivity index (χ2v) is 6.02. The second-order valence-electron chi connectivity index (χ2n) is 6.02. The maximum Gasteiger partial charge on any atom is 0.307 e. The molecule has 0 aliphatic carbocycles. The Bertz CT molecular complexity index is 359. The summed E-state index contributed by atoms with van der Waals surface area (Å²) >= 11 is 0. The highest BCUT2D eigenvalue weighted by atomic mass is 16.5. The lowest BCUT2D eigenvalue weighted by molar-refractivity contribution is -0.147. The summed E-state index contributed by atoms with van der Waals surface area (Å²) in [4.78, 5) is 34.7. The molecule has 6 nitrogen and oxygen atoms in total. The number of rotatable bonds is 6. The van der Waals surface area contributed by atoms with Gasteiger partial charge < -0.3 is 15.4 Å². The molecule has 2 N–H and O–H groups in total. The summed E-state index contributed by atoms with van der Waals surface area (Å²) in [6, 6.07) is -0.636. The zero-order valence-electron chi connectivity index (χ0n) is 13.2. The molecule has 1 atom stereocenters. The van der Waals surface area contributed by atoms with Gasteiger partial charge in [0, 0.05) is 12.0 Å². The molecule has 0 aromatic heterocycles. The first kappa shape index (κ1) is 18.4. The van der Waals surface area contributed by atoms with Crippen molar-refractivity contribution in [2.24, 2.45) is 5.41 Å². The minimum Gasteiger partial charge on any atom is -0.463 e. The average Bonchev–Trinajstić information content (AvgIpc) is 2.26. The predicted octanol–water partition coefficient (Wildman–Crippen LogP) is 0.995. The quantitative estimate of drug-likeness (QED) is 0.713. The van der Waals surface area contributed by atoms with Crippen molar-refractivity contribution in [2.75, 3.05) is 6.54 Å². The Balaban J connectivity index is 4.04. The lowest BCUT2D eigenvalue weighted by atomic mass is 9.95. The van der Waals surface area contributed by atoms with Gasteiger partial charge in [-0.1, -0.05) is 20.8 Å². The monoisotopic (exact) mass is 286 g/mol. The van der Waals surface area contributed by atoms with Gasteiger partial charge in [0.1, 0.15) is 6.04 Å². The van der Waals surface area contributed by atoms with E-state index in [1.807, 2.05) is 0 Å². The number of hydrogen-bond acceptors (Lipinski definition) is 4. The molecule has 0 spiro atoms. The van der Waals surface area contributed by atoms with Gasteiger partial charge >= 0.3 is 5.97 Å². The van der Waals surface area contributed by atoms with Crippen LogP contribution >= 0.6 is 0 Å². The van der Waals surface area contributed by atoms with Crippen molar-refractivity contribution in [1.29, 1.82) is 0 Å². The summed E-state index contributed by atoms with van der Waals surface area (Å²) in [5, 5.41) is 5.21. The zero-order valence-corrected chi connectivity index (χ0v) is 13.2. The molecule has 0 aliphatic heterocycles. The molecule has 0 rings (SSSR count). The molecule has 0 aromatic carbocycles. The molecule has 2 amide bonds. The van der Waals surface area contributed by atoms with Gasteiger partial charge in [0.25, 0.3) is 0 Å². The largest absolute Gasteiger partial charge is 0.463 e. The summed E-state index contributed by atoms with van der Waals surface area (Å²) in [5.41, 5.74) is -0.546. The lowest BCUT2D eigenvalue weighted by Gasteiger charge is -2.21. The number of carbonyl (C=O) groups excluding carboxylic acids is 3. The van der Waals surface area contributed by atoms with Crippen LogP contribution < -0.4 is 10.6 Å². The van der Waals surface area contributed by atoms with Crippen LogP contribution in [0.4, 0.5) is 0 Å². The van der Waals surface area contributed by atoms with Crippen LogP contribution in [0.15, 0.2) is 0 Å². The molecule has 116 valence electrons. The van der Waals surface area contributed by atoms with Gasteiger partial charge in [0.05, 0.1) is 12.5 Å². The fraction of sp³-hybridized carbons (Fsp3) is 0.786. The van der Waals surface area contributed by atoms with Gasteiger partial charge in [-0.3, -0.25) is 14.4 Å². The highest BCUT2D eigenvalue weighted by Crippen LogP contribution is 2.12. The number of hydrogen-bond donors (Lipinski definition) is 2. The number of amides is 2. The molecular weight excluding hydrogens is 260 g/mol. The van der Waals surface area contributed by atoms with E-state index in [1.54, 1.807) is 41.5 Å². The van der Waals surface area contributed by atoms with Gasteiger partial charge in [-0.15, -0.1) is 0 Å². The maximum atomic E-state index is 11.7. The van der Waals surface area contributed by atoms with E-state index in [-0.39, 0.29) is 36.9 Å². The summed E-state index contributed by atoms with van der Waals surface area (Å²) in [5.74, 6) is -0.869. The minimum absolute atomic E-state index is 0.115. The van der Waals surface area contributed by atoms with Crippen LogP contribution in [0, 0.1) is 5.41 Å². The number of esters is 1. The smallest absolute Gasteiger partial charge is 0.307 e. The van der Waals surface area contributed by atoms with Crippen LogP contribution in [0.25, 0.3) is 0 Å². The number of carbonyl (C=O) groups is 3. The van der Waals surface area contributed by atoms with E-state index >= 15 is 0 Å². The summed E-state index contributed by atoms with van der Waals surface area (Å²) in [7, 11) is 0. The molecule has 0 bridgehead atoms. The van der Waals surface area contributed by atoms with Crippen LogP contribution in [0.1, 0.15) is 48.0 Å². The van der Waals surface area contributed by atoms with Gasteiger partial charge in [-0.05, 0) is 20.8 Å². The van der Waals surface area contributed by atoms with E-state index in [9.17, 15) is 14.4 Å². The molecule has 1 unspecified atom stereocenters. The van der Waals surface area contributed by atoms with Crippen LogP contribution in [-0.2, 0) is 19.1 Å². The first-order chi connectivity index (χ1) is 9.04. The Kier molecular flexibility index (Phi) is 7.24. The van der Waals surface area contributed by atoms with Crippen molar-refractivity contribution in [3.05, 3.63) is 0 Å². The fourth-order valence-electron chi connectivity index (χ4n) is 1.24. The topological polar surface area (TPSA) is 84.5 Å². The van der Waals surface area contributed by atoms with Crippen LogP contribution in [-0.4, -0.2) is 36.5 Å². The highest BCUT2D eigenvalue weighted by molar-refractivity contribution is 5.89. The van der Waals surface area contributed by atoms with Crippen molar-refractivity contribution in [3.8, 4) is 0 Å². The molecule has 0 aromatic rings. The van der Waals surface area contributed by atoms with Crippen LogP contribution in [0.2, 0.25) is 0 Å². The van der Waals surface area contributed by atoms with E-state index in [1.165, 1.54) is 0 Å². The molecule has 20 heavy (non-hydrogen) atoms. The van der Waals surface area contributed by atoms with E-state index < -0.39 is 11.5 Å². The molecule has 6 heteroatoms. The Morgan fingerprint density at radius 2 is 1.65 bits per heavy atom. The van der Waals surface area contributed by atoms with Crippen molar-refractivity contribution >= 4 is 17.8 Å². The van der Waals surface area contributed by atoms with Crippen molar-refractivity contribution in [2.45, 2.75) is 60.1 Å². The van der Waals surface area contributed by atoms with Crippen LogP contribution in [0.3, 0.4) is 0 Å². The predicted molar refractivity (Wildman–Crippen MR) is 75.9 cm³/mol. The highest BCUT2D eigenvalue weighted by Gasteiger charge is 2.24. The van der Waals surface area contributed by atoms with E-state index in [2.05, 4.69) is 10.6 Å². The fourth-order valence-corrected chi connectivity index (χ4v) is 1.24. The maximum absolute atomic E-state index is 11.7. The molecular formula is C14H26N2O4. The lowest BCUT2D eigenvalue weighted by Crippen LogP contribution is -2.48. The second kappa shape index (κ2) is 7.87. The Labute approximate surface area is 120 Å². The average molecular weight is 286 g/mol. The van der Waals surface area contributed by atoms with Gasteiger partial charge in [-0.2, -0.15) is 0 Å². The third-order valence-corrected chi connectivity index (χ3v) is 2.42. The Morgan fingerprint density at radius 1 is 1.10 bits per heavy atom. The van der Waals surface area contributed by atoms with Gasteiger partial charge in [-0.25, -0.2) is 0 Å². The van der Waals surface area contributed by atoms with Gasteiger partial charge in [0.2, 0.25) is 11.8 Å². The third kappa shape index (κ3) is 7.76. The first-order valence-corrected chi connectivity index (χ1v) is 6.82. The molecule has 0 heterocycles. The van der Waals surface area contributed by atoms with Crippen molar-refractivity contribution in [1.82, 2.24) is 10.6 Å². The molecule has 0 saturated heterocycles. The number of nitrogens with one attached hydrogen (secondary N) is 2. The molecule has 0 radical (unpaired) electrons. The minimum atomic E-state index is -0.636. The summed E-state index contributed by atoms with van der Waals surface area (Å²) in [6.07, 6.45) is -0.0488. The van der Waals surface area contributed by atoms with Crippen molar-refractivity contribution < 1.29 is 19.1 Å². The van der Waals surface area contributed by atoms with Gasteiger partial charge in [0.15, 0.2) is 0 Å². The summed E-state index contributed by atoms with van der Waals surface area (Å²) in [6.45, 7) is 10.6. The summed E-state index contributed by atoms with van der Waals surface area (Å²) < 4.78 is 4.94. The van der Waals surface area contributed by atoms with Crippen LogP contribution in [0.5, 0.6) is 0 Å². The Hall–Kier alpha value is -1.59. The Morgan fingerprint density at radius 3 is 2.10 bits per heavy atom. The van der Waals surface area contributed by atoms with E-state index in [0.717, 1.165) is 0 Å².